The van der Waals surface area contributed by atoms with Gasteiger partial charge in [-0.15, -0.1) is 0 Å². The van der Waals surface area contributed by atoms with Crippen LogP contribution in [-0.2, 0) is 9.59 Å². The van der Waals surface area contributed by atoms with Crippen LogP contribution in [0, 0.1) is 23.2 Å². The molecule has 0 spiro atoms. The molecule has 1 heterocycles. The summed E-state index contributed by atoms with van der Waals surface area (Å²) in [5, 5.41) is 11.9. The zero-order valence-electron chi connectivity index (χ0n) is 13.0. The van der Waals surface area contributed by atoms with Gasteiger partial charge in [0.25, 0.3) is 0 Å². The Kier molecular flexibility index (Phi) is 5.35. The summed E-state index contributed by atoms with van der Waals surface area (Å²) in [6.07, 6.45) is 5.89. The van der Waals surface area contributed by atoms with Crippen LogP contribution in [0.5, 0.6) is 0 Å². The minimum atomic E-state index is -0.274. The second kappa shape index (κ2) is 7.04. The van der Waals surface area contributed by atoms with Crippen molar-refractivity contribution in [3.8, 4) is 6.07 Å². The quantitative estimate of drug-likeness (QED) is 0.802. The molecule has 1 N–H and O–H groups in total. The number of imide groups is 1. The second-order valence-electron chi connectivity index (χ2n) is 6.28. The van der Waals surface area contributed by atoms with Crippen LogP contribution in [0.25, 0.3) is 0 Å². The molecule has 5 heteroatoms. The zero-order chi connectivity index (χ0) is 15.4. The molecule has 21 heavy (non-hydrogen) atoms. The Balaban J connectivity index is 2.19. The summed E-state index contributed by atoms with van der Waals surface area (Å²) in [4.78, 5) is 25.8. The summed E-state index contributed by atoms with van der Waals surface area (Å²) >= 11 is 0. The topological polar surface area (TPSA) is 73.2 Å². The molecule has 2 amide bonds. The molecular weight excluding hydrogens is 266 g/mol. The molecule has 0 bridgehead atoms. The lowest BCUT2D eigenvalue weighted by Gasteiger charge is -2.44. The first-order chi connectivity index (χ1) is 10.1. The number of nitrogens with one attached hydrogen (secondary N) is 1. The second-order valence-corrected chi connectivity index (χ2v) is 6.28. The monoisotopic (exact) mass is 291 g/mol. The first-order valence-electron chi connectivity index (χ1n) is 8.09. The van der Waals surface area contributed by atoms with Crippen molar-refractivity contribution in [1.29, 1.82) is 5.26 Å². The Morgan fingerprint density at radius 3 is 2.71 bits per heavy atom. The van der Waals surface area contributed by atoms with Crippen LogP contribution >= 0.6 is 0 Å². The molecule has 0 aromatic carbocycles. The first-order valence-corrected chi connectivity index (χ1v) is 8.09. The summed E-state index contributed by atoms with van der Waals surface area (Å²) in [7, 11) is 0. The lowest BCUT2D eigenvalue weighted by molar-refractivity contribution is -0.143. The lowest BCUT2D eigenvalue weighted by atomic mass is 9.76. The minimum Gasteiger partial charge on any atom is -0.294 e. The third kappa shape index (κ3) is 3.44. The number of hydrogen-bond donors (Lipinski definition) is 1. The molecule has 1 aliphatic carbocycles. The van der Waals surface area contributed by atoms with Crippen LogP contribution in [0.3, 0.4) is 0 Å². The summed E-state index contributed by atoms with van der Waals surface area (Å²) < 4.78 is 0. The molecule has 2 fully saturated rings. The highest BCUT2D eigenvalue weighted by molar-refractivity contribution is 6.01. The van der Waals surface area contributed by atoms with E-state index >= 15 is 0 Å². The third-order valence-corrected chi connectivity index (χ3v) is 4.89. The number of carbonyl (C=O) groups is 2. The number of carbonyl (C=O) groups excluding carboxylic acids is 2. The minimum absolute atomic E-state index is 0.0419. The molecule has 0 aromatic rings. The van der Waals surface area contributed by atoms with Crippen LogP contribution in [0.4, 0.5) is 0 Å². The number of amides is 2. The SMILES string of the molecule is CCCC1CCC(C#N)C(N2CC(=O)NC(=O)C2CC)C1. The van der Waals surface area contributed by atoms with E-state index in [-0.39, 0.29) is 36.4 Å². The lowest BCUT2D eigenvalue weighted by Crippen LogP contribution is -2.62. The molecule has 116 valence electrons. The number of piperazine rings is 1. The fraction of sp³-hybridized carbons (Fsp3) is 0.812. The predicted octanol–water partition coefficient (Wildman–Crippen LogP) is 1.83. The van der Waals surface area contributed by atoms with E-state index in [0.29, 0.717) is 12.3 Å². The van der Waals surface area contributed by atoms with Crippen LogP contribution in [0.2, 0.25) is 0 Å². The summed E-state index contributed by atoms with van der Waals surface area (Å²) in [6, 6.07) is 2.17. The Morgan fingerprint density at radius 2 is 2.10 bits per heavy atom. The number of nitriles is 1. The van der Waals surface area contributed by atoms with Crippen LogP contribution < -0.4 is 5.32 Å². The van der Waals surface area contributed by atoms with E-state index in [2.05, 4.69) is 18.3 Å². The maximum Gasteiger partial charge on any atom is 0.243 e. The fourth-order valence-electron chi connectivity index (χ4n) is 3.87. The van der Waals surface area contributed by atoms with E-state index in [1.165, 1.54) is 6.42 Å². The van der Waals surface area contributed by atoms with E-state index in [0.717, 1.165) is 25.7 Å². The molecule has 0 aromatic heterocycles. The highest BCUT2D eigenvalue weighted by Gasteiger charge is 2.42. The highest BCUT2D eigenvalue weighted by Crippen LogP contribution is 2.36. The van der Waals surface area contributed by atoms with Gasteiger partial charge in [0.15, 0.2) is 0 Å². The Morgan fingerprint density at radius 1 is 1.33 bits per heavy atom. The molecule has 1 saturated heterocycles. The fourth-order valence-corrected chi connectivity index (χ4v) is 3.87. The molecule has 1 aliphatic heterocycles. The van der Waals surface area contributed by atoms with Crippen molar-refractivity contribution < 1.29 is 9.59 Å². The molecule has 4 atom stereocenters. The van der Waals surface area contributed by atoms with Crippen molar-refractivity contribution in [2.24, 2.45) is 11.8 Å². The van der Waals surface area contributed by atoms with Gasteiger partial charge in [-0.3, -0.25) is 19.8 Å². The summed E-state index contributed by atoms with van der Waals surface area (Å²) in [6.45, 7) is 4.38. The largest absolute Gasteiger partial charge is 0.294 e. The molecule has 1 saturated carbocycles. The van der Waals surface area contributed by atoms with Crippen LogP contribution in [0.15, 0.2) is 0 Å². The Labute approximate surface area is 126 Å². The smallest absolute Gasteiger partial charge is 0.243 e. The van der Waals surface area contributed by atoms with E-state index in [1.54, 1.807) is 0 Å². The molecule has 2 aliphatic rings. The van der Waals surface area contributed by atoms with Gasteiger partial charge in [-0.25, -0.2) is 0 Å². The van der Waals surface area contributed by atoms with Crippen molar-refractivity contribution >= 4 is 11.8 Å². The summed E-state index contributed by atoms with van der Waals surface area (Å²) in [5.41, 5.74) is 0. The highest BCUT2D eigenvalue weighted by atomic mass is 16.2. The van der Waals surface area contributed by atoms with E-state index in [1.807, 2.05) is 11.8 Å². The van der Waals surface area contributed by atoms with Gasteiger partial charge >= 0.3 is 0 Å². The average Bonchev–Trinajstić information content (AvgIpc) is 2.47. The third-order valence-electron chi connectivity index (χ3n) is 4.89. The standard InChI is InChI=1S/C16H25N3O2/c1-3-5-11-6-7-12(9-17)14(8-11)19-10-15(20)18-16(21)13(19)4-2/h11-14H,3-8,10H2,1-2H3,(H,18,20,21). The average molecular weight is 291 g/mol. The normalized spacial score (nSPS) is 34.3. The zero-order valence-corrected chi connectivity index (χ0v) is 13.0. The van der Waals surface area contributed by atoms with Gasteiger partial charge in [-0.05, 0) is 31.6 Å². The van der Waals surface area contributed by atoms with Gasteiger partial charge in [0, 0.05) is 6.04 Å². The van der Waals surface area contributed by atoms with Crippen molar-refractivity contribution in [2.75, 3.05) is 6.54 Å². The molecule has 2 rings (SSSR count). The Hall–Kier alpha value is -1.41. The van der Waals surface area contributed by atoms with E-state index in [4.69, 9.17) is 0 Å². The molecular formula is C16H25N3O2. The van der Waals surface area contributed by atoms with Gasteiger partial charge in [0.2, 0.25) is 11.8 Å². The van der Waals surface area contributed by atoms with Crippen LogP contribution in [-0.4, -0.2) is 35.3 Å². The van der Waals surface area contributed by atoms with Gasteiger partial charge in [-0.2, -0.15) is 5.26 Å². The van der Waals surface area contributed by atoms with Gasteiger partial charge in [-0.1, -0.05) is 26.7 Å². The van der Waals surface area contributed by atoms with Crippen molar-refractivity contribution in [3.05, 3.63) is 0 Å². The maximum absolute atomic E-state index is 12.0. The Bertz CT molecular complexity index is 443. The van der Waals surface area contributed by atoms with E-state index in [9.17, 15) is 14.9 Å². The maximum atomic E-state index is 12.0. The van der Waals surface area contributed by atoms with Crippen molar-refractivity contribution in [3.63, 3.8) is 0 Å². The van der Waals surface area contributed by atoms with Gasteiger partial charge in [0.05, 0.1) is 24.6 Å². The van der Waals surface area contributed by atoms with Crippen LogP contribution in [0.1, 0.15) is 52.4 Å². The van der Waals surface area contributed by atoms with Gasteiger partial charge in [0.1, 0.15) is 0 Å². The number of hydrogen-bond acceptors (Lipinski definition) is 4. The predicted molar refractivity (Wildman–Crippen MR) is 79.1 cm³/mol. The number of rotatable bonds is 4. The molecule has 4 unspecified atom stereocenters. The molecule has 0 radical (unpaired) electrons. The molecule has 5 nitrogen and oxygen atoms in total. The van der Waals surface area contributed by atoms with Gasteiger partial charge < -0.3 is 0 Å². The van der Waals surface area contributed by atoms with Crippen molar-refractivity contribution in [1.82, 2.24) is 10.2 Å². The number of nitrogens with zero attached hydrogens (tertiary/aromatic N) is 2. The van der Waals surface area contributed by atoms with Crippen molar-refractivity contribution in [2.45, 2.75) is 64.5 Å². The first kappa shape index (κ1) is 16.0. The van der Waals surface area contributed by atoms with E-state index < -0.39 is 0 Å². The summed E-state index contributed by atoms with van der Waals surface area (Å²) in [5.74, 6) is 0.107.